The lowest BCUT2D eigenvalue weighted by Crippen LogP contribution is -2.55. The van der Waals surface area contributed by atoms with E-state index in [1.165, 1.54) is 4.90 Å². The zero-order valence-electron chi connectivity index (χ0n) is 37.6. The molecular formula is C49H49ClN6O11S2. The summed E-state index contributed by atoms with van der Waals surface area (Å²) in [6, 6.07) is 22.6. The fraction of sp³-hybridized carbons (Fsp3) is 0.347. The van der Waals surface area contributed by atoms with Crippen molar-refractivity contribution in [2.75, 3.05) is 46.7 Å². The van der Waals surface area contributed by atoms with Crippen molar-refractivity contribution in [1.29, 1.82) is 0 Å². The first-order valence-electron chi connectivity index (χ1n) is 22.5. The minimum atomic E-state index is -3.81. The molecule has 1 unspecified atom stereocenters. The average Bonchev–Trinajstić information content (AvgIpc) is 3.78. The van der Waals surface area contributed by atoms with Gasteiger partial charge in [-0.15, -0.1) is 11.3 Å². The maximum Gasteiger partial charge on any atom is 0.349 e. The monoisotopic (exact) mass is 996 g/mol. The van der Waals surface area contributed by atoms with Gasteiger partial charge in [-0.25, -0.2) is 18.0 Å². The molecule has 0 spiro atoms. The number of halogens is 1. The maximum absolute atomic E-state index is 14.1. The smallest absolute Gasteiger partial charge is 0.349 e. The number of carboxylic acid groups (broad SMARTS) is 2. The molecule has 4 aliphatic heterocycles. The Morgan fingerprint density at radius 3 is 2.36 bits per heavy atom. The molecule has 4 amide bonds. The van der Waals surface area contributed by atoms with Crippen LogP contribution in [0.15, 0.2) is 78.9 Å². The summed E-state index contributed by atoms with van der Waals surface area (Å²) in [4.78, 5) is 78.9. The molecule has 360 valence electrons. The zero-order chi connectivity index (χ0) is 48.9. The lowest BCUT2D eigenvalue weighted by atomic mass is 9.89. The fourth-order valence-electron chi connectivity index (χ4n) is 10.2. The summed E-state index contributed by atoms with van der Waals surface area (Å²) < 4.78 is 34.9. The highest BCUT2D eigenvalue weighted by atomic mass is 35.5. The van der Waals surface area contributed by atoms with Crippen molar-refractivity contribution in [1.82, 2.24) is 9.62 Å². The van der Waals surface area contributed by atoms with E-state index in [0.717, 1.165) is 27.8 Å². The number of imide groups is 1. The van der Waals surface area contributed by atoms with Crippen molar-refractivity contribution in [3.8, 4) is 16.2 Å². The molecule has 4 aliphatic rings. The first-order valence-corrected chi connectivity index (χ1v) is 25.3. The van der Waals surface area contributed by atoms with E-state index in [0.29, 0.717) is 77.4 Å². The SMILES string of the molecule is CC1(C)C[C@@H](Nc2cccc(-c3sc(C(=O)O)c(OCC(=O)O)c3Cl)c2)CCN1S(=O)(=O)Cc1cccc(NC(=O)C2CCN(c3ccc4c5c(cccc35)N(C3CCC(=O)NC3=O)C4=O)CC2)c1. The van der Waals surface area contributed by atoms with Gasteiger partial charge in [-0.2, -0.15) is 4.31 Å². The standard InChI is InChI=1S/C49H49ClN6O11S2/c1-49(2)24-32(51-31-9-4-7-29(23-31)43-41(50)42(67-25-39(58)59)44(68-43)48(63)64)18-21-55(49)69(65,66)26-27-6-3-8-30(22-27)52-45(60)28-16-19-54(20-17-28)35-13-12-34-40-33(35)10-5-11-36(40)56(47(34)62)37-14-15-38(57)53-46(37)61/h3-13,22-23,28,32,37,51H,14-21,24-26H2,1-2H3,(H,52,60)(H,58,59)(H,63,64)(H,53,57,61)/t32-,37?/m0/s1. The van der Waals surface area contributed by atoms with E-state index in [1.807, 2.05) is 44.2 Å². The predicted octanol–water partition coefficient (Wildman–Crippen LogP) is 7.19. The van der Waals surface area contributed by atoms with Crippen LogP contribution in [0.1, 0.15) is 78.0 Å². The molecule has 3 fully saturated rings. The number of thiophene rings is 1. The topological polar surface area (TPSA) is 232 Å². The second-order valence-corrected chi connectivity index (χ2v) is 21.7. The number of nitrogens with one attached hydrogen (secondary N) is 3. The number of carbonyl (C=O) groups is 6. The van der Waals surface area contributed by atoms with E-state index in [2.05, 4.69) is 20.9 Å². The number of sulfonamides is 1. The molecule has 4 aromatic carbocycles. The van der Waals surface area contributed by atoms with Gasteiger partial charge in [0, 0.05) is 71.4 Å². The number of ether oxygens (including phenoxy) is 1. The van der Waals surface area contributed by atoms with Crippen LogP contribution in [-0.4, -0.2) is 102 Å². The molecule has 0 saturated carbocycles. The normalized spacial score (nSPS) is 19.7. The third-order valence-electron chi connectivity index (χ3n) is 13.3. The van der Waals surface area contributed by atoms with Crippen LogP contribution in [0.3, 0.4) is 0 Å². The van der Waals surface area contributed by atoms with Gasteiger partial charge < -0.3 is 30.5 Å². The van der Waals surface area contributed by atoms with E-state index in [-0.39, 0.29) is 70.5 Å². The number of carbonyl (C=O) groups excluding carboxylic acids is 4. The van der Waals surface area contributed by atoms with Crippen molar-refractivity contribution >= 4 is 102 Å². The van der Waals surface area contributed by atoms with Crippen molar-refractivity contribution in [2.24, 2.45) is 5.92 Å². The van der Waals surface area contributed by atoms with Crippen molar-refractivity contribution in [3.63, 3.8) is 0 Å². The zero-order valence-corrected chi connectivity index (χ0v) is 40.0. The summed E-state index contributed by atoms with van der Waals surface area (Å²) >= 11 is 7.41. The van der Waals surface area contributed by atoms with Gasteiger partial charge >= 0.3 is 11.9 Å². The van der Waals surface area contributed by atoms with Crippen molar-refractivity contribution in [3.05, 3.63) is 99.9 Å². The van der Waals surface area contributed by atoms with Crippen molar-refractivity contribution < 1.29 is 52.1 Å². The molecule has 5 N–H and O–H groups in total. The highest BCUT2D eigenvalue weighted by Crippen LogP contribution is 2.47. The molecule has 0 bridgehead atoms. The van der Waals surface area contributed by atoms with E-state index in [9.17, 15) is 42.3 Å². The van der Waals surface area contributed by atoms with Crippen LogP contribution in [0.5, 0.6) is 5.75 Å². The molecule has 0 radical (unpaired) electrons. The minimum absolute atomic E-state index is 0.00286. The number of benzene rings is 4. The van der Waals surface area contributed by atoms with Crippen LogP contribution in [0.4, 0.5) is 22.7 Å². The second-order valence-electron chi connectivity index (χ2n) is 18.4. The fourth-order valence-corrected chi connectivity index (χ4v) is 13.5. The number of piperidine rings is 3. The molecule has 20 heteroatoms. The summed E-state index contributed by atoms with van der Waals surface area (Å²) in [6.45, 7) is 4.45. The Labute approximate surface area is 406 Å². The minimum Gasteiger partial charge on any atom is -0.479 e. The Hall–Kier alpha value is -6.54. The number of aliphatic carboxylic acids is 1. The van der Waals surface area contributed by atoms with Gasteiger partial charge in [0.15, 0.2) is 17.2 Å². The number of hydrogen-bond donors (Lipinski definition) is 5. The molecule has 17 nitrogen and oxygen atoms in total. The number of hydrogen-bond acceptors (Lipinski definition) is 12. The Balaban J connectivity index is 0.803. The average molecular weight is 998 g/mol. The van der Waals surface area contributed by atoms with Gasteiger partial charge in [-0.05, 0) is 99.5 Å². The molecule has 5 heterocycles. The molecular weight excluding hydrogens is 948 g/mol. The lowest BCUT2D eigenvalue weighted by Gasteiger charge is -2.45. The number of anilines is 4. The summed E-state index contributed by atoms with van der Waals surface area (Å²) in [5.41, 5.74) is 3.65. The Bertz CT molecular complexity index is 3060. The number of aromatic carboxylic acids is 1. The first kappa shape index (κ1) is 47.5. The first-order chi connectivity index (χ1) is 32.9. The predicted molar refractivity (Wildman–Crippen MR) is 262 cm³/mol. The van der Waals surface area contributed by atoms with E-state index in [4.69, 9.17) is 21.4 Å². The second kappa shape index (κ2) is 18.8. The summed E-state index contributed by atoms with van der Waals surface area (Å²) in [5.74, 6) is -4.58. The maximum atomic E-state index is 14.1. The Morgan fingerprint density at radius 2 is 1.64 bits per heavy atom. The van der Waals surface area contributed by atoms with Crippen molar-refractivity contribution in [2.45, 2.75) is 75.7 Å². The number of rotatable bonds is 14. The van der Waals surface area contributed by atoms with Crippen LogP contribution < -0.4 is 30.5 Å². The van der Waals surface area contributed by atoms with Crippen LogP contribution in [-0.2, 0) is 35.0 Å². The van der Waals surface area contributed by atoms with E-state index in [1.54, 1.807) is 52.8 Å². The summed E-state index contributed by atoms with van der Waals surface area (Å²) in [6.07, 6.45) is 2.52. The summed E-state index contributed by atoms with van der Waals surface area (Å²) in [7, 11) is -3.81. The van der Waals surface area contributed by atoms with Gasteiger partial charge in [0.25, 0.3) is 5.91 Å². The van der Waals surface area contributed by atoms with Crippen LogP contribution in [0.2, 0.25) is 5.02 Å². The van der Waals surface area contributed by atoms with Gasteiger partial charge in [0.1, 0.15) is 11.1 Å². The quantitative estimate of drug-likeness (QED) is 0.0695. The van der Waals surface area contributed by atoms with Gasteiger partial charge in [0.2, 0.25) is 27.7 Å². The highest BCUT2D eigenvalue weighted by Gasteiger charge is 2.43. The molecule has 0 aliphatic carbocycles. The molecule has 9 rings (SSSR count). The van der Waals surface area contributed by atoms with Crippen LogP contribution in [0, 0.1) is 5.92 Å². The molecule has 3 saturated heterocycles. The largest absolute Gasteiger partial charge is 0.479 e. The Kier molecular flexibility index (Phi) is 12.9. The lowest BCUT2D eigenvalue weighted by molar-refractivity contribution is -0.139. The number of amides is 4. The molecule has 1 aromatic heterocycles. The van der Waals surface area contributed by atoms with Crippen LogP contribution in [0.25, 0.3) is 21.2 Å². The third-order valence-corrected chi connectivity index (χ3v) is 17.0. The Morgan fingerprint density at radius 1 is 0.899 bits per heavy atom. The van der Waals surface area contributed by atoms with E-state index >= 15 is 0 Å². The number of carboxylic acids is 2. The van der Waals surface area contributed by atoms with Gasteiger partial charge in [0.05, 0.1) is 21.9 Å². The van der Waals surface area contributed by atoms with Gasteiger partial charge in [-0.1, -0.05) is 48.0 Å². The molecule has 5 aromatic rings. The van der Waals surface area contributed by atoms with Gasteiger partial charge in [-0.3, -0.25) is 29.4 Å². The third kappa shape index (κ3) is 9.47. The number of nitrogens with zero attached hydrogens (tertiary/aromatic N) is 3. The molecule has 69 heavy (non-hydrogen) atoms. The highest BCUT2D eigenvalue weighted by molar-refractivity contribution is 7.88. The summed E-state index contributed by atoms with van der Waals surface area (Å²) in [5, 5.41) is 29.3. The molecule has 2 atom stereocenters. The van der Waals surface area contributed by atoms with E-state index < -0.39 is 46.1 Å². The van der Waals surface area contributed by atoms with Crippen LogP contribution >= 0.6 is 22.9 Å².